The normalized spacial score (nSPS) is 11.4. The number of rotatable bonds is 5. The van der Waals surface area contributed by atoms with Gasteiger partial charge >= 0.3 is 6.03 Å². The number of hydrogen-bond donors (Lipinski definition) is 3. The van der Waals surface area contributed by atoms with Crippen LogP contribution in [0.1, 0.15) is 0 Å². The highest BCUT2D eigenvalue weighted by Crippen LogP contribution is 2.27. The van der Waals surface area contributed by atoms with Gasteiger partial charge in [-0.2, -0.15) is 0 Å². The molecule has 0 saturated carbocycles. The third-order valence-electron chi connectivity index (χ3n) is 4.75. The standard InChI is InChI=1S/C21H15ClFIN4O4S2/c1-25-12-2-3-14-11(8-12)6-7-28(20(14)29)19-15(23)9-13(10-16(19)24)26-21(30)27-34(31,32)18-5-4-17(22)33-18/h2-10,25H,1H3,(H2,26,27,30). The lowest BCUT2D eigenvalue weighted by Gasteiger charge is -2.14. The fourth-order valence-corrected chi connectivity index (χ4v) is 6.46. The minimum absolute atomic E-state index is 0.00932. The molecule has 0 atom stereocenters. The summed E-state index contributed by atoms with van der Waals surface area (Å²) >= 11 is 8.38. The van der Waals surface area contributed by atoms with Gasteiger partial charge in [0.05, 0.1) is 10.0 Å². The number of benzene rings is 2. The van der Waals surface area contributed by atoms with Crippen molar-refractivity contribution < 1.29 is 17.6 Å². The second kappa shape index (κ2) is 9.52. The molecule has 0 fully saturated rings. The fourth-order valence-electron chi connectivity index (χ4n) is 3.22. The van der Waals surface area contributed by atoms with Crippen LogP contribution in [0.3, 0.4) is 0 Å². The van der Waals surface area contributed by atoms with Gasteiger partial charge < -0.3 is 10.6 Å². The Labute approximate surface area is 215 Å². The van der Waals surface area contributed by atoms with E-state index in [1.54, 1.807) is 25.2 Å². The molecule has 2 heterocycles. The molecule has 0 radical (unpaired) electrons. The first-order valence-corrected chi connectivity index (χ1v) is 13.3. The average Bonchev–Trinajstić information content (AvgIpc) is 3.21. The van der Waals surface area contributed by atoms with Crippen molar-refractivity contribution in [3.8, 4) is 5.69 Å². The molecule has 176 valence electrons. The molecule has 2 amide bonds. The first kappa shape index (κ1) is 24.4. The van der Waals surface area contributed by atoms with Crippen LogP contribution in [0.5, 0.6) is 0 Å². The molecule has 0 bridgehead atoms. The summed E-state index contributed by atoms with van der Waals surface area (Å²) in [4.78, 5) is 25.2. The molecule has 0 aliphatic carbocycles. The molecule has 4 rings (SSSR count). The Hall–Kier alpha value is -2.68. The van der Waals surface area contributed by atoms with Crippen molar-refractivity contribution in [1.82, 2.24) is 9.29 Å². The zero-order valence-electron chi connectivity index (χ0n) is 17.2. The molecule has 34 heavy (non-hydrogen) atoms. The lowest BCUT2D eigenvalue weighted by atomic mass is 10.1. The quantitative estimate of drug-likeness (QED) is 0.269. The van der Waals surface area contributed by atoms with E-state index in [2.05, 4.69) is 10.6 Å². The van der Waals surface area contributed by atoms with E-state index in [1.807, 2.05) is 33.4 Å². The molecule has 4 aromatic rings. The fraction of sp³-hybridized carbons (Fsp3) is 0.0476. The van der Waals surface area contributed by atoms with E-state index in [0.29, 0.717) is 14.3 Å². The summed E-state index contributed by atoms with van der Waals surface area (Å²) in [6.07, 6.45) is 1.48. The number of pyridine rings is 1. The van der Waals surface area contributed by atoms with Gasteiger partial charge in [0.25, 0.3) is 15.6 Å². The first-order valence-electron chi connectivity index (χ1n) is 9.51. The number of nitrogens with zero attached hydrogens (tertiary/aromatic N) is 1. The van der Waals surface area contributed by atoms with Crippen molar-refractivity contribution in [3.63, 3.8) is 0 Å². The van der Waals surface area contributed by atoms with Gasteiger partial charge in [0, 0.05) is 33.6 Å². The smallest absolute Gasteiger partial charge is 0.333 e. The number of amides is 2. The van der Waals surface area contributed by atoms with Crippen LogP contribution in [0.4, 0.5) is 20.6 Å². The number of thiophene rings is 1. The number of nitrogens with one attached hydrogen (secondary N) is 3. The number of urea groups is 1. The summed E-state index contributed by atoms with van der Waals surface area (Å²) in [5, 5.41) is 6.41. The molecule has 13 heteroatoms. The minimum atomic E-state index is -4.14. The Balaban J connectivity index is 1.62. The van der Waals surface area contributed by atoms with Crippen molar-refractivity contribution in [2.24, 2.45) is 0 Å². The van der Waals surface area contributed by atoms with E-state index >= 15 is 4.39 Å². The van der Waals surface area contributed by atoms with E-state index in [0.717, 1.165) is 23.1 Å². The van der Waals surface area contributed by atoms with E-state index in [-0.39, 0.29) is 19.9 Å². The van der Waals surface area contributed by atoms with Gasteiger partial charge in [-0.25, -0.2) is 22.3 Å². The lowest BCUT2D eigenvalue weighted by Crippen LogP contribution is -2.34. The molecule has 0 aliphatic rings. The summed E-state index contributed by atoms with van der Waals surface area (Å²) in [5.74, 6) is -0.775. The summed E-state index contributed by atoms with van der Waals surface area (Å²) in [6, 6.07) is 10.9. The zero-order valence-corrected chi connectivity index (χ0v) is 21.8. The Bertz CT molecular complexity index is 1580. The van der Waals surface area contributed by atoms with Gasteiger partial charge in [0.15, 0.2) is 0 Å². The summed E-state index contributed by atoms with van der Waals surface area (Å²) in [7, 11) is -2.37. The SMILES string of the molecule is CNc1ccc2c(=O)n(-c3c(F)cc(NC(=O)NS(=O)(=O)c4ccc(Cl)s4)cc3I)ccc2c1. The van der Waals surface area contributed by atoms with Gasteiger partial charge in [0.1, 0.15) is 10.0 Å². The van der Waals surface area contributed by atoms with Crippen molar-refractivity contribution in [1.29, 1.82) is 0 Å². The number of carbonyl (C=O) groups is 1. The number of sulfonamides is 1. The molecule has 0 saturated heterocycles. The van der Waals surface area contributed by atoms with Crippen molar-refractivity contribution >= 4 is 83.7 Å². The Morgan fingerprint density at radius 1 is 1.12 bits per heavy atom. The Morgan fingerprint density at radius 3 is 2.53 bits per heavy atom. The molecule has 3 N–H and O–H groups in total. The number of halogens is 3. The maximum atomic E-state index is 15.1. The van der Waals surface area contributed by atoms with Crippen LogP contribution in [0, 0.1) is 9.39 Å². The van der Waals surface area contributed by atoms with Crippen LogP contribution in [-0.2, 0) is 10.0 Å². The van der Waals surface area contributed by atoms with Crippen LogP contribution < -0.4 is 20.9 Å². The van der Waals surface area contributed by atoms with Crippen molar-refractivity contribution in [2.75, 3.05) is 17.7 Å². The maximum Gasteiger partial charge on any atom is 0.333 e. The van der Waals surface area contributed by atoms with Crippen LogP contribution in [0.25, 0.3) is 16.5 Å². The van der Waals surface area contributed by atoms with Gasteiger partial charge in [-0.3, -0.25) is 9.36 Å². The number of fused-ring (bicyclic) bond motifs is 1. The van der Waals surface area contributed by atoms with Crippen LogP contribution in [-0.4, -0.2) is 26.1 Å². The molecule has 8 nitrogen and oxygen atoms in total. The Kier molecular flexibility index (Phi) is 6.85. The number of aromatic nitrogens is 1. The highest BCUT2D eigenvalue weighted by molar-refractivity contribution is 14.1. The third-order valence-corrected chi connectivity index (χ3v) is 8.63. The molecule has 0 aliphatic heterocycles. The van der Waals surface area contributed by atoms with Crippen LogP contribution in [0.15, 0.2) is 63.7 Å². The molecular formula is C21H15ClFIN4O4S2. The van der Waals surface area contributed by atoms with E-state index in [4.69, 9.17) is 11.6 Å². The summed E-state index contributed by atoms with van der Waals surface area (Å²) < 4.78 is 43.1. The maximum absolute atomic E-state index is 15.1. The number of hydrogen-bond acceptors (Lipinski definition) is 6. The second-order valence-electron chi connectivity index (χ2n) is 6.95. The topological polar surface area (TPSA) is 109 Å². The molecular weight excluding hydrogens is 618 g/mol. The van der Waals surface area contributed by atoms with Gasteiger partial charge in [-0.05, 0) is 76.5 Å². The lowest BCUT2D eigenvalue weighted by molar-refractivity contribution is 0.256. The van der Waals surface area contributed by atoms with E-state index in [1.165, 1.54) is 29.0 Å². The zero-order chi connectivity index (χ0) is 24.6. The van der Waals surface area contributed by atoms with Crippen LogP contribution in [0.2, 0.25) is 4.34 Å². The van der Waals surface area contributed by atoms with Crippen LogP contribution >= 0.6 is 45.5 Å². The first-order chi connectivity index (χ1) is 16.1. The average molecular weight is 633 g/mol. The summed E-state index contributed by atoms with van der Waals surface area (Å²) in [6.45, 7) is 0. The highest BCUT2D eigenvalue weighted by Gasteiger charge is 2.21. The summed E-state index contributed by atoms with van der Waals surface area (Å²) in [5.41, 5.74) is 0.450. The van der Waals surface area contributed by atoms with Gasteiger partial charge in [0.2, 0.25) is 0 Å². The number of carbonyl (C=O) groups excluding carboxylic acids is 1. The largest absolute Gasteiger partial charge is 0.388 e. The third kappa shape index (κ3) is 4.89. The molecule has 0 unspecified atom stereocenters. The van der Waals surface area contributed by atoms with Gasteiger partial charge in [-0.15, -0.1) is 11.3 Å². The number of anilines is 2. The van der Waals surface area contributed by atoms with Crippen molar-refractivity contribution in [2.45, 2.75) is 4.21 Å². The Morgan fingerprint density at radius 2 is 1.88 bits per heavy atom. The van der Waals surface area contributed by atoms with E-state index < -0.39 is 27.4 Å². The predicted molar refractivity (Wildman–Crippen MR) is 140 cm³/mol. The van der Waals surface area contributed by atoms with E-state index in [9.17, 15) is 18.0 Å². The second-order valence-corrected chi connectivity index (χ2v) is 11.7. The monoisotopic (exact) mass is 632 g/mol. The molecule has 2 aromatic heterocycles. The minimum Gasteiger partial charge on any atom is -0.388 e. The van der Waals surface area contributed by atoms with Crippen molar-refractivity contribution in [3.05, 3.63) is 78.8 Å². The molecule has 0 spiro atoms. The highest BCUT2D eigenvalue weighted by atomic mass is 127. The van der Waals surface area contributed by atoms with Gasteiger partial charge in [-0.1, -0.05) is 11.6 Å². The molecule has 2 aromatic carbocycles. The predicted octanol–water partition coefficient (Wildman–Crippen LogP) is 5.00.